The van der Waals surface area contributed by atoms with E-state index in [1.54, 1.807) is 17.7 Å². The number of alkyl halides is 9. The Morgan fingerprint density at radius 1 is 0.792 bits per heavy atom. The van der Waals surface area contributed by atoms with E-state index in [1.807, 2.05) is 12.4 Å². The van der Waals surface area contributed by atoms with E-state index in [-0.39, 0.29) is 0 Å². The fourth-order valence-electron chi connectivity index (χ4n) is 3.93. The molecule has 0 atom stereocenters. The molecule has 0 bridgehead atoms. The number of benzene rings is 1. The molecule has 0 amide bonds. The number of rotatable bonds is 3. The Balaban J connectivity index is 0.000000313. The number of aliphatic carboxylic acids is 3. The summed E-state index contributed by atoms with van der Waals surface area (Å²) in [5, 5.41) is 27.2. The third-order valence-electron chi connectivity index (χ3n) is 6.17. The predicted molar refractivity (Wildman–Crippen MR) is 154 cm³/mol. The molecule has 0 aliphatic carbocycles. The van der Waals surface area contributed by atoms with Crippen molar-refractivity contribution in [3.63, 3.8) is 0 Å². The highest BCUT2D eigenvalue weighted by atomic mass is 32.1. The molecule has 1 aliphatic heterocycles. The van der Waals surface area contributed by atoms with Gasteiger partial charge in [-0.3, -0.25) is 4.98 Å². The van der Waals surface area contributed by atoms with Gasteiger partial charge in [-0.1, -0.05) is 25.1 Å². The van der Waals surface area contributed by atoms with Crippen LogP contribution in [-0.4, -0.2) is 104 Å². The van der Waals surface area contributed by atoms with Crippen molar-refractivity contribution in [1.29, 1.82) is 0 Å². The number of halogens is 9. The Morgan fingerprint density at radius 2 is 1.31 bits per heavy atom. The van der Waals surface area contributed by atoms with Gasteiger partial charge in [0, 0.05) is 54.9 Å². The maximum absolute atomic E-state index is 10.6. The average Bonchev–Trinajstić information content (AvgIpc) is 3.45. The first-order valence-corrected chi connectivity index (χ1v) is 14.0. The lowest BCUT2D eigenvalue weighted by molar-refractivity contribution is -0.193. The van der Waals surface area contributed by atoms with Crippen LogP contribution in [0.2, 0.25) is 0 Å². The van der Waals surface area contributed by atoms with Crippen molar-refractivity contribution in [3.05, 3.63) is 48.4 Å². The molecule has 21 heteroatoms. The van der Waals surface area contributed by atoms with E-state index in [9.17, 15) is 39.5 Å². The van der Waals surface area contributed by atoms with Crippen molar-refractivity contribution in [2.45, 2.75) is 25.5 Å². The molecule has 0 spiro atoms. The largest absolute Gasteiger partial charge is 0.490 e. The molecule has 1 aromatic carbocycles. The molecule has 1 saturated heterocycles. The van der Waals surface area contributed by atoms with Crippen LogP contribution < -0.4 is 4.90 Å². The molecule has 1 fully saturated rings. The molecule has 48 heavy (non-hydrogen) atoms. The summed E-state index contributed by atoms with van der Waals surface area (Å²) in [5.74, 6) is -7.20. The van der Waals surface area contributed by atoms with Crippen LogP contribution in [0.25, 0.3) is 32.1 Å². The normalized spacial score (nSPS) is 13.8. The summed E-state index contributed by atoms with van der Waals surface area (Å²) in [5.41, 5.74) is 2.45. The summed E-state index contributed by atoms with van der Waals surface area (Å²) in [7, 11) is 0. The molecule has 262 valence electrons. The van der Waals surface area contributed by atoms with Gasteiger partial charge in [-0.25, -0.2) is 24.4 Å². The fraction of sp³-hybridized carbons (Fsp3) is 0.333. The summed E-state index contributed by atoms with van der Waals surface area (Å²) in [6.07, 6.45) is -9.76. The van der Waals surface area contributed by atoms with E-state index < -0.39 is 36.4 Å². The van der Waals surface area contributed by atoms with Gasteiger partial charge in [0.05, 0.1) is 5.39 Å². The Hall–Kier alpha value is -4.79. The number of aromatic nitrogens is 3. The molecular weight excluding hydrogens is 693 g/mol. The Morgan fingerprint density at radius 3 is 1.79 bits per heavy atom. The van der Waals surface area contributed by atoms with Crippen molar-refractivity contribution in [3.8, 4) is 11.1 Å². The highest BCUT2D eigenvalue weighted by Crippen LogP contribution is 2.40. The van der Waals surface area contributed by atoms with Gasteiger partial charge < -0.3 is 25.1 Å². The predicted octanol–water partition coefficient (Wildman–Crippen LogP) is 5.95. The number of nitrogens with zero attached hydrogens (tertiary/aromatic N) is 5. The second kappa shape index (κ2) is 16.4. The first kappa shape index (κ1) is 39.4. The van der Waals surface area contributed by atoms with Crippen LogP contribution in [-0.2, 0) is 14.4 Å². The Kier molecular flexibility index (Phi) is 13.4. The van der Waals surface area contributed by atoms with Crippen molar-refractivity contribution < 1.29 is 69.2 Å². The van der Waals surface area contributed by atoms with Gasteiger partial charge in [0.15, 0.2) is 0 Å². The second-order valence-electron chi connectivity index (χ2n) is 9.26. The summed E-state index contributed by atoms with van der Waals surface area (Å²) >= 11 is 1.70. The quantitative estimate of drug-likeness (QED) is 0.215. The molecule has 1 aliphatic rings. The minimum atomic E-state index is -5.08. The third kappa shape index (κ3) is 11.2. The monoisotopic (exact) mass is 717 g/mol. The number of carbonyl (C=O) groups is 3. The number of fused-ring (bicyclic) bond motifs is 2. The number of carboxylic acid groups (broad SMARTS) is 3. The molecule has 4 heterocycles. The van der Waals surface area contributed by atoms with Gasteiger partial charge in [0.25, 0.3) is 0 Å². The molecule has 3 aromatic heterocycles. The highest BCUT2D eigenvalue weighted by molar-refractivity contribution is 7.17. The number of carboxylic acids is 3. The summed E-state index contributed by atoms with van der Waals surface area (Å²) in [6.45, 7) is 7.53. The molecule has 0 unspecified atom stereocenters. The molecule has 0 radical (unpaired) electrons. The minimum absolute atomic E-state index is 1.01. The Bertz CT molecular complexity index is 1640. The van der Waals surface area contributed by atoms with Gasteiger partial charge in [-0.2, -0.15) is 39.5 Å². The lowest BCUT2D eigenvalue weighted by Crippen LogP contribution is -2.46. The van der Waals surface area contributed by atoms with Crippen LogP contribution in [0.4, 0.5) is 45.3 Å². The van der Waals surface area contributed by atoms with E-state index >= 15 is 0 Å². The highest BCUT2D eigenvalue weighted by Gasteiger charge is 2.39. The zero-order valence-corrected chi connectivity index (χ0v) is 25.1. The lowest BCUT2D eigenvalue weighted by Gasteiger charge is -2.35. The van der Waals surface area contributed by atoms with E-state index in [0.717, 1.165) is 48.8 Å². The fourth-order valence-corrected chi connectivity index (χ4v) is 4.83. The second-order valence-corrected chi connectivity index (χ2v) is 10.1. The van der Waals surface area contributed by atoms with E-state index in [0.29, 0.717) is 0 Å². The molecule has 5 rings (SSSR count). The smallest absolute Gasteiger partial charge is 0.475 e. The van der Waals surface area contributed by atoms with Crippen LogP contribution in [0.1, 0.15) is 6.92 Å². The molecular formula is C27H24F9N5O6S. The summed E-state index contributed by atoms with van der Waals surface area (Å²) in [6, 6.07) is 8.50. The molecule has 0 saturated carbocycles. The topological polar surface area (TPSA) is 157 Å². The van der Waals surface area contributed by atoms with Crippen molar-refractivity contribution in [1.82, 2.24) is 19.9 Å². The van der Waals surface area contributed by atoms with Crippen molar-refractivity contribution in [2.75, 3.05) is 37.6 Å². The van der Waals surface area contributed by atoms with E-state index in [4.69, 9.17) is 34.7 Å². The first-order chi connectivity index (χ1) is 22.2. The molecule has 3 N–H and O–H groups in total. The van der Waals surface area contributed by atoms with Gasteiger partial charge in [-0.05, 0) is 23.6 Å². The minimum Gasteiger partial charge on any atom is -0.475 e. The first-order valence-electron chi connectivity index (χ1n) is 13.1. The zero-order chi connectivity index (χ0) is 36.4. The number of pyridine rings is 1. The van der Waals surface area contributed by atoms with E-state index in [2.05, 4.69) is 56.3 Å². The van der Waals surface area contributed by atoms with Crippen molar-refractivity contribution in [2.24, 2.45) is 0 Å². The van der Waals surface area contributed by atoms with Crippen LogP contribution in [0.3, 0.4) is 0 Å². The number of likely N-dealkylation sites (N-methyl/N-ethyl adjacent to an activating group) is 1. The average molecular weight is 718 g/mol. The third-order valence-corrected chi connectivity index (χ3v) is 7.05. The van der Waals surface area contributed by atoms with E-state index in [1.165, 1.54) is 21.9 Å². The maximum atomic E-state index is 10.6. The standard InChI is InChI=1S/C21H21N5S.3C2HF3O2/c1-2-25-8-10-26(11-9-25)20-19-18(13-27-21(19)24-14-23-20)17-5-3-4-15-12-22-7-6-16(15)17;3*3-2(4,5)1(6)7/h3-7,12-14H,2,8-11H2,1H3;3*(H,6,7). The number of thiophene rings is 1. The summed E-state index contributed by atoms with van der Waals surface area (Å²) < 4.78 is 95.2. The molecule has 4 aromatic rings. The lowest BCUT2D eigenvalue weighted by atomic mass is 9.99. The van der Waals surface area contributed by atoms with Gasteiger partial charge in [0.2, 0.25) is 0 Å². The van der Waals surface area contributed by atoms with Crippen LogP contribution in [0, 0.1) is 0 Å². The van der Waals surface area contributed by atoms with Gasteiger partial charge >= 0.3 is 36.4 Å². The Labute approximate surface area is 267 Å². The maximum Gasteiger partial charge on any atom is 0.490 e. The van der Waals surface area contributed by atoms with Crippen LogP contribution >= 0.6 is 11.3 Å². The van der Waals surface area contributed by atoms with Gasteiger partial charge in [0.1, 0.15) is 17.0 Å². The van der Waals surface area contributed by atoms with Gasteiger partial charge in [-0.15, -0.1) is 11.3 Å². The molecule has 11 nitrogen and oxygen atoms in total. The number of anilines is 1. The summed E-state index contributed by atoms with van der Waals surface area (Å²) in [4.78, 5) is 46.2. The number of hydrogen-bond donors (Lipinski definition) is 3. The van der Waals surface area contributed by atoms with Crippen LogP contribution in [0.15, 0.2) is 48.4 Å². The number of piperazine rings is 1. The van der Waals surface area contributed by atoms with Crippen LogP contribution in [0.5, 0.6) is 0 Å². The van der Waals surface area contributed by atoms with Crippen molar-refractivity contribution >= 4 is 56.1 Å². The number of hydrogen-bond acceptors (Lipinski definition) is 9. The SMILES string of the molecule is CCN1CCN(c2ncnc3scc(-c4cccc5cnccc45)c23)CC1.O=C(O)C(F)(F)F.O=C(O)C(F)(F)F.O=C(O)C(F)(F)F. The zero-order valence-electron chi connectivity index (χ0n) is 24.3.